The van der Waals surface area contributed by atoms with Crippen LogP contribution in [0.25, 0.3) is 12.2 Å². The highest BCUT2D eigenvalue weighted by Gasteiger charge is 2.36. The molecule has 0 saturated heterocycles. The van der Waals surface area contributed by atoms with Crippen molar-refractivity contribution in [1.29, 1.82) is 0 Å². The van der Waals surface area contributed by atoms with E-state index in [0.717, 1.165) is 24.3 Å². The Morgan fingerprint density at radius 2 is 0.944 bits per heavy atom. The Labute approximate surface area is 209 Å². The lowest BCUT2D eigenvalue weighted by atomic mass is 10.1. The topological polar surface area (TPSA) is 201 Å². The molecule has 0 aliphatic heterocycles. The van der Waals surface area contributed by atoms with Crippen molar-refractivity contribution in [3.63, 3.8) is 0 Å². The van der Waals surface area contributed by atoms with Gasteiger partial charge in [0, 0.05) is 11.4 Å². The Hall–Kier alpha value is -2.50. The zero-order chi connectivity index (χ0) is 26.5. The molecule has 0 atom stereocenters. The summed E-state index contributed by atoms with van der Waals surface area (Å²) in [4.78, 5) is -1.28. The Kier molecular flexibility index (Phi) is 6.72. The van der Waals surface area contributed by atoms with Crippen LogP contribution < -0.4 is 9.44 Å². The molecule has 0 heterocycles. The zero-order valence-corrected chi connectivity index (χ0v) is 21.7. The molecule has 0 aromatic heterocycles. The van der Waals surface area contributed by atoms with Crippen LogP contribution in [-0.4, -0.2) is 53.3 Å². The van der Waals surface area contributed by atoms with Gasteiger partial charge in [0.05, 0.1) is 10.5 Å². The lowest BCUT2D eigenvalue weighted by molar-refractivity contribution is 0.480. The molecule has 0 spiro atoms. The van der Waals surface area contributed by atoms with E-state index < -0.39 is 60.6 Å². The molecule has 2 fully saturated rings. The summed E-state index contributed by atoms with van der Waals surface area (Å²) >= 11 is 0. The van der Waals surface area contributed by atoms with E-state index in [0.29, 0.717) is 25.7 Å². The summed E-state index contributed by atoms with van der Waals surface area (Å²) in [5.41, 5.74) is -0.381. The summed E-state index contributed by atoms with van der Waals surface area (Å²) in [5.74, 6) is 0. The normalized spacial score (nSPS) is 17.3. The van der Waals surface area contributed by atoms with Crippen LogP contribution in [0.5, 0.6) is 0 Å². The van der Waals surface area contributed by atoms with E-state index in [1.165, 1.54) is 24.3 Å². The molecule has 4 N–H and O–H groups in total. The molecule has 4 rings (SSSR count). The maximum absolute atomic E-state index is 12.1. The van der Waals surface area contributed by atoms with Crippen LogP contribution in [0.1, 0.15) is 36.8 Å². The van der Waals surface area contributed by atoms with E-state index >= 15 is 0 Å². The first kappa shape index (κ1) is 26.6. The van der Waals surface area contributed by atoms with Crippen molar-refractivity contribution in [2.24, 2.45) is 0 Å². The third-order valence-electron chi connectivity index (χ3n) is 5.47. The summed E-state index contributed by atoms with van der Waals surface area (Å²) in [6, 6.07) is 6.80. The van der Waals surface area contributed by atoms with Crippen LogP contribution in [0, 0.1) is 0 Å². The molecule has 2 aliphatic carbocycles. The minimum absolute atomic E-state index is 0.0856. The maximum Gasteiger partial charge on any atom is 0.295 e. The molecule has 12 nitrogen and oxygen atoms in total. The van der Waals surface area contributed by atoms with Crippen molar-refractivity contribution in [2.75, 3.05) is 9.44 Å². The highest BCUT2D eigenvalue weighted by atomic mass is 32.2. The molecular weight excluding hydrogens is 556 g/mol. The lowest BCUT2D eigenvalue weighted by Crippen LogP contribution is -2.17. The van der Waals surface area contributed by atoms with Crippen molar-refractivity contribution in [2.45, 2.75) is 46.0 Å². The van der Waals surface area contributed by atoms with Gasteiger partial charge in [-0.05, 0) is 61.1 Å². The summed E-state index contributed by atoms with van der Waals surface area (Å²) in [6.07, 6.45) is 4.22. The third-order valence-corrected chi connectivity index (χ3v) is 11.0. The van der Waals surface area contributed by atoms with Gasteiger partial charge in [-0.25, -0.2) is 16.8 Å². The van der Waals surface area contributed by atoms with Gasteiger partial charge in [0.15, 0.2) is 0 Å². The van der Waals surface area contributed by atoms with E-state index in [1.807, 2.05) is 0 Å². The maximum atomic E-state index is 12.1. The smallest absolute Gasteiger partial charge is 0.283 e. The average molecular weight is 579 g/mol. The highest BCUT2D eigenvalue weighted by Crippen LogP contribution is 2.32. The lowest BCUT2D eigenvalue weighted by Gasteiger charge is -2.11. The van der Waals surface area contributed by atoms with Crippen molar-refractivity contribution in [3.05, 3.63) is 47.5 Å². The summed E-state index contributed by atoms with van der Waals surface area (Å²) in [7, 11) is -17.0. The van der Waals surface area contributed by atoms with Crippen LogP contribution >= 0.6 is 0 Å². The van der Waals surface area contributed by atoms with Gasteiger partial charge in [0.1, 0.15) is 9.79 Å². The van der Waals surface area contributed by atoms with Gasteiger partial charge >= 0.3 is 0 Å². The second-order valence-electron chi connectivity index (χ2n) is 8.48. The minimum atomic E-state index is -4.82. The number of benzene rings is 2. The fraction of sp³-hybridized carbons (Fsp3) is 0.300. The van der Waals surface area contributed by atoms with E-state index in [9.17, 15) is 42.8 Å². The minimum Gasteiger partial charge on any atom is -0.283 e. The van der Waals surface area contributed by atoms with E-state index in [4.69, 9.17) is 0 Å². The van der Waals surface area contributed by atoms with Crippen molar-refractivity contribution >= 4 is 63.8 Å². The van der Waals surface area contributed by atoms with Crippen LogP contribution in [0.3, 0.4) is 0 Å². The van der Waals surface area contributed by atoms with Gasteiger partial charge in [-0.1, -0.05) is 24.3 Å². The molecule has 16 heteroatoms. The molecule has 0 bridgehead atoms. The van der Waals surface area contributed by atoms with Crippen LogP contribution in [0.15, 0.2) is 46.2 Å². The fourth-order valence-electron chi connectivity index (χ4n) is 3.35. The molecule has 2 aromatic rings. The summed E-state index contributed by atoms with van der Waals surface area (Å²) in [5, 5.41) is -1.14. The first-order chi connectivity index (χ1) is 16.6. The van der Waals surface area contributed by atoms with E-state index in [1.54, 1.807) is 0 Å². The van der Waals surface area contributed by atoms with Crippen LogP contribution in [0.2, 0.25) is 0 Å². The second kappa shape index (κ2) is 9.11. The molecular formula is C20H22N2O10S4. The second-order valence-corrected chi connectivity index (χ2v) is 15.2. The number of rotatable bonds is 10. The fourth-order valence-corrected chi connectivity index (χ4v) is 7.53. The van der Waals surface area contributed by atoms with Crippen LogP contribution in [0.4, 0.5) is 11.4 Å². The van der Waals surface area contributed by atoms with Crippen molar-refractivity contribution < 1.29 is 42.8 Å². The number of anilines is 2. The molecule has 196 valence electrons. The predicted molar refractivity (Wildman–Crippen MR) is 133 cm³/mol. The predicted octanol–water partition coefficient (Wildman–Crippen LogP) is 2.16. The monoisotopic (exact) mass is 578 g/mol. The molecule has 0 radical (unpaired) electrons. The Balaban J connectivity index is 1.68. The van der Waals surface area contributed by atoms with Gasteiger partial charge in [-0.15, -0.1) is 0 Å². The van der Waals surface area contributed by atoms with Gasteiger partial charge in [-0.3, -0.25) is 18.5 Å². The Bertz CT molecular complexity index is 1550. The molecule has 2 aromatic carbocycles. The van der Waals surface area contributed by atoms with Gasteiger partial charge in [0.25, 0.3) is 20.2 Å². The molecule has 0 unspecified atom stereocenters. The van der Waals surface area contributed by atoms with Crippen molar-refractivity contribution in [3.8, 4) is 0 Å². The standard InChI is InChI=1S/C20H22N2O10S4/c23-33(24,17-7-8-17)21-15-5-3-13(19(11-15)35(27,28)29)1-2-14-4-6-16(12-20(14)36(30,31)32)22-34(25,26)18-9-10-18/h1-6,11-12,17-18,21-22H,7-10H2,(H,27,28,29)(H,30,31,32). The molecule has 0 amide bonds. The number of nitrogens with one attached hydrogen (secondary N) is 2. The number of sulfonamides is 2. The van der Waals surface area contributed by atoms with Gasteiger partial charge in [-0.2, -0.15) is 16.8 Å². The summed E-state index contributed by atoms with van der Waals surface area (Å²) < 4.78 is 120. The van der Waals surface area contributed by atoms with Gasteiger partial charge in [0.2, 0.25) is 20.0 Å². The molecule has 2 aliphatic rings. The quantitative estimate of drug-likeness (QED) is 0.239. The Morgan fingerprint density at radius 1 is 0.611 bits per heavy atom. The third kappa shape index (κ3) is 6.24. The first-order valence-electron chi connectivity index (χ1n) is 10.5. The van der Waals surface area contributed by atoms with Gasteiger partial charge < -0.3 is 0 Å². The van der Waals surface area contributed by atoms with Crippen LogP contribution in [-0.2, 0) is 40.3 Å². The van der Waals surface area contributed by atoms with E-state index in [-0.39, 0.29) is 22.5 Å². The zero-order valence-electron chi connectivity index (χ0n) is 18.4. The first-order valence-corrected chi connectivity index (χ1v) is 16.5. The molecule has 2 saturated carbocycles. The largest absolute Gasteiger partial charge is 0.295 e. The average Bonchev–Trinajstić information content (AvgIpc) is 3.62. The number of hydrogen-bond acceptors (Lipinski definition) is 8. The number of hydrogen-bond donors (Lipinski definition) is 4. The Morgan fingerprint density at radius 3 is 1.22 bits per heavy atom. The molecule has 36 heavy (non-hydrogen) atoms. The SMILES string of the molecule is O=S(=O)(O)c1cc(NS(=O)(=O)C2CC2)ccc1C=Cc1ccc(NS(=O)(=O)C2CC2)cc1S(=O)(=O)O. The van der Waals surface area contributed by atoms with Crippen molar-refractivity contribution in [1.82, 2.24) is 0 Å². The van der Waals surface area contributed by atoms with E-state index in [2.05, 4.69) is 9.44 Å². The summed E-state index contributed by atoms with van der Waals surface area (Å²) in [6.45, 7) is 0. The highest BCUT2D eigenvalue weighted by molar-refractivity contribution is 7.93.